The number of carbonyl (C=O) groups is 2. The van der Waals surface area contributed by atoms with Gasteiger partial charge in [-0.25, -0.2) is 4.79 Å². The SMILES string of the molecule is CC(C)(C)C(NC(=O)CSCc1ccc(Cl)cc1)C(=O)O. The molecule has 0 heterocycles. The second-order valence-corrected chi connectivity index (χ2v) is 7.25. The largest absolute Gasteiger partial charge is 0.480 e. The minimum atomic E-state index is -1.02. The smallest absolute Gasteiger partial charge is 0.326 e. The van der Waals surface area contributed by atoms with Crippen molar-refractivity contribution in [2.24, 2.45) is 5.41 Å². The molecule has 6 heteroatoms. The Labute approximate surface area is 134 Å². The van der Waals surface area contributed by atoms with Gasteiger partial charge in [-0.15, -0.1) is 11.8 Å². The highest BCUT2D eigenvalue weighted by molar-refractivity contribution is 7.99. The van der Waals surface area contributed by atoms with Crippen LogP contribution in [0.25, 0.3) is 0 Å². The van der Waals surface area contributed by atoms with E-state index < -0.39 is 17.4 Å². The molecule has 0 aliphatic heterocycles. The standard InChI is InChI=1S/C15H20ClNO3S/c1-15(2,3)13(14(19)20)17-12(18)9-21-8-10-4-6-11(16)7-5-10/h4-7,13H,8-9H2,1-3H3,(H,17,18)(H,19,20). The second-order valence-electron chi connectivity index (χ2n) is 5.82. The van der Waals surface area contributed by atoms with Gasteiger partial charge in [-0.3, -0.25) is 4.79 Å². The highest BCUT2D eigenvalue weighted by Gasteiger charge is 2.32. The third kappa shape index (κ3) is 6.40. The van der Waals surface area contributed by atoms with E-state index in [2.05, 4.69) is 5.32 Å². The van der Waals surface area contributed by atoms with E-state index in [0.717, 1.165) is 5.56 Å². The predicted molar refractivity (Wildman–Crippen MR) is 86.6 cm³/mol. The van der Waals surface area contributed by atoms with Gasteiger partial charge in [0.1, 0.15) is 6.04 Å². The Morgan fingerprint density at radius 1 is 1.29 bits per heavy atom. The Balaban J connectivity index is 2.43. The van der Waals surface area contributed by atoms with Gasteiger partial charge in [-0.1, -0.05) is 44.5 Å². The summed E-state index contributed by atoms with van der Waals surface area (Å²) in [5.41, 5.74) is 0.547. The van der Waals surface area contributed by atoms with Gasteiger partial charge in [0.05, 0.1) is 5.75 Å². The molecule has 0 saturated heterocycles. The molecule has 116 valence electrons. The van der Waals surface area contributed by atoms with E-state index in [4.69, 9.17) is 16.7 Å². The van der Waals surface area contributed by atoms with E-state index in [1.807, 2.05) is 12.1 Å². The van der Waals surface area contributed by atoms with Crippen LogP contribution in [0.3, 0.4) is 0 Å². The zero-order valence-electron chi connectivity index (χ0n) is 12.4. The van der Waals surface area contributed by atoms with Crippen molar-refractivity contribution in [2.75, 3.05) is 5.75 Å². The molecule has 4 nitrogen and oxygen atoms in total. The molecule has 0 aliphatic rings. The van der Waals surface area contributed by atoms with E-state index in [0.29, 0.717) is 10.8 Å². The maximum Gasteiger partial charge on any atom is 0.326 e. The van der Waals surface area contributed by atoms with Crippen LogP contribution in [0, 0.1) is 5.41 Å². The van der Waals surface area contributed by atoms with Crippen molar-refractivity contribution in [1.82, 2.24) is 5.32 Å². The van der Waals surface area contributed by atoms with Gasteiger partial charge in [-0.2, -0.15) is 0 Å². The molecule has 0 aromatic heterocycles. The maximum absolute atomic E-state index is 11.8. The van der Waals surface area contributed by atoms with Gasteiger partial charge in [0, 0.05) is 10.8 Å². The molecule has 0 saturated carbocycles. The van der Waals surface area contributed by atoms with Crippen molar-refractivity contribution in [2.45, 2.75) is 32.6 Å². The number of carbonyl (C=O) groups excluding carboxylic acids is 1. The van der Waals surface area contributed by atoms with Crippen molar-refractivity contribution < 1.29 is 14.7 Å². The first-order valence-electron chi connectivity index (χ1n) is 6.54. The van der Waals surface area contributed by atoms with E-state index in [9.17, 15) is 9.59 Å². The summed E-state index contributed by atoms with van der Waals surface area (Å²) in [7, 11) is 0. The molecule has 21 heavy (non-hydrogen) atoms. The number of carboxylic acids is 1. The average molecular weight is 330 g/mol. The first kappa shape index (κ1) is 17.9. The number of hydrogen-bond donors (Lipinski definition) is 2. The fraction of sp³-hybridized carbons (Fsp3) is 0.467. The van der Waals surface area contributed by atoms with Crippen LogP contribution >= 0.6 is 23.4 Å². The molecule has 1 atom stereocenters. The summed E-state index contributed by atoms with van der Waals surface area (Å²) in [6.45, 7) is 5.35. The summed E-state index contributed by atoms with van der Waals surface area (Å²) in [6.07, 6.45) is 0. The Hall–Kier alpha value is -1.20. The third-order valence-corrected chi connectivity index (χ3v) is 4.09. The highest BCUT2D eigenvalue weighted by Crippen LogP contribution is 2.20. The molecule has 1 aromatic rings. The molecule has 0 aliphatic carbocycles. The van der Waals surface area contributed by atoms with Crippen LogP contribution in [-0.4, -0.2) is 28.8 Å². The topological polar surface area (TPSA) is 66.4 Å². The van der Waals surface area contributed by atoms with Crippen molar-refractivity contribution in [3.8, 4) is 0 Å². The quantitative estimate of drug-likeness (QED) is 0.841. The van der Waals surface area contributed by atoms with Gasteiger partial charge in [0.15, 0.2) is 0 Å². The maximum atomic E-state index is 11.8. The lowest BCUT2D eigenvalue weighted by molar-refractivity contribution is -0.144. The van der Waals surface area contributed by atoms with Gasteiger partial charge >= 0.3 is 5.97 Å². The molecule has 1 unspecified atom stereocenters. The summed E-state index contributed by atoms with van der Waals surface area (Å²) < 4.78 is 0. The van der Waals surface area contributed by atoms with Crippen LogP contribution in [0.1, 0.15) is 26.3 Å². The normalized spacial score (nSPS) is 12.8. The second kappa shape index (κ2) is 7.71. The number of carboxylic acid groups (broad SMARTS) is 1. The van der Waals surface area contributed by atoms with Crippen molar-refractivity contribution in [1.29, 1.82) is 0 Å². The van der Waals surface area contributed by atoms with E-state index >= 15 is 0 Å². The minimum Gasteiger partial charge on any atom is -0.480 e. The summed E-state index contributed by atoms with van der Waals surface area (Å²) in [5.74, 6) is -0.379. The molecule has 2 N–H and O–H groups in total. The van der Waals surface area contributed by atoms with Crippen LogP contribution in [0.5, 0.6) is 0 Å². The number of thioether (sulfide) groups is 1. The van der Waals surface area contributed by atoms with Crippen molar-refractivity contribution in [3.63, 3.8) is 0 Å². The van der Waals surface area contributed by atoms with E-state index in [-0.39, 0.29) is 11.7 Å². The highest BCUT2D eigenvalue weighted by atomic mass is 35.5. The van der Waals surface area contributed by atoms with Gasteiger partial charge in [0.2, 0.25) is 5.91 Å². The molecule has 1 amide bonds. The van der Waals surface area contributed by atoms with Gasteiger partial charge < -0.3 is 10.4 Å². The molecule has 0 radical (unpaired) electrons. The molecule has 0 fully saturated rings. The van der Waals surface area contributed by atoms with Crippen LogP contribution in [0.15, 0.2) is 24.3 Å². The fourth-order valence-corrected chi connectivity index (χ4v) is 2.62. The Morgan fingerprint density at radius 2 is 1.86 bits per heavy atom. The third-order valence-electron chi connectivity index (χ3n) is 2.83. The summed E-state index contributed by atoms with van der Waals surface area (Å²) in [5, 5.41) is 12.4. The number of halogens is 1. The molecule has 1 rings (SSSR count). The number of rotatable bonds is 6. The lowest BCUT2D eigenvalue weighted by Crippen LogP contribution is -2.49. The Kier molecular flexibility index (Phi) is 6.55. The Morgan fingerprint density at radius 3 is 2.33 bits per heavy atom. The number of benzene rings is 1. The van der Waals surface area contributed by atoms with Crippen LogP contribution in [-0.2, 0) is 15.3 Å². The lowest BCUT2D eigenvalue weighted by atomic mass is 9.87. The van der Waals surface area contributed by atoms with Crippen molar-refractivity contribution in [3.05, 3.63) is 34.9 Å². The molecule has 0 bridgehead atoms. The first-order chi connectivity index (χ1) is 9.70. The van der Waals surface area contributed by atoms with Crippen LogP contribution in [0.4, 0.5) is 0 Å². The molecule has 1 aromatic carbocycles. The molecule has 0 spiro atoms. The zero-order valence-corrected chi connectivity index (χ0v) is 13.9. The number of hydrogen-bond acceptors (Lipinski definition) is 3. The lowest BCUT2D eigenvalue weighted by Gasteiger charge is -2.27. The molecular weight excluding hydrogens is 310 g/mol. The fourth-order valence-electron chi connectivity index (χ4n) is 1.69. The Bertz CT molecular complexity index is 497. The van der Waals surface area contributed by atoms with Crippen molar-refractivity contribution >= 4 is 35.2 Å². The van der Waals surface area contributed by atoms with Gasteiger partial charge in [0.25, 0.3) is 0 Å². The monoisotopic (exact) mass is 329 g/mol. The van der Waals surface area contributed by atoms with Gasteiger partial charge in [-0.05, 0) is 23.1 Å². The van der Waals surface area contributed by atoms with Crippen LogP contribution < -0.4 is 5.32 Å². The zero-order chi connectivity index (χ0) is 16.0. The van der Waals surface area contributed by atoms with Crippen LogP contribution in [0.2, 0.25) is 5.02 Å². The number of amides is 1. The summed E-state index contributed by atoms with van der Waals surface area (Å²) in [4.78, 5) is 23.0. The van der Waals surface area contributed by atoms with E-state index in [1.54, 1.807) is 32.9 Å². The first-order valence-corrected chi connectivity index (χ1v) is 8.08. The summed E-state index contributed by atoms with van der Waals surface area (Å²) >= 11 is 7.24. The summed E-state index contributed by atoms with van der Waals surface area (Å²) in [6, 6.07) is 6.53. The average Bonchev–Trinajstić information content (AvgIpc) is 2.36. The molecular formula is C15H20ClNO3S. The number of aliphatic carboxylic acids is 1. The minimum absolute atomic E-state index is 0.225. The predicted octanol–water partition coefficient (Wildman–Crippen LogP) is 3.19. The van der Waals surface area contributed by atoms with E-state index in [1.165, 1.54) is 11.8 Å². The number of nitrogens with one attached hydrogen (secondary N) is 1.